The SMILES string of the molecule is CC1CCN(C(=O)c2cccc(NS(=O)(=O)c3ccc(Cl)c(Cl)c3)c2)CC1. The molecule has 2 aromatic rings. The summed E-state index contributed by atoms with van der Waals surface area (Å²) < 4.78 is 27.6. The van der Waals surface area contributed by atoms with E-state index in [2.05, 4.69) is 11.6 Å². The number of anilines is 1. The lowest BCUT2D eigenvalue weighted by molar-refractivity contribution is 0.0697. The molecule has 5 nitrogen and oxygen atoms in total. The third-order valence-electron chi connectivity index (χ3n) is 4.63. The summed E-state index contributed by atoms with van der Waals surface area (Å²) in [5.74, 6) is 0.538. The first-order valence-electron chi connectivity index (χ1n) is 8.63. The summed E-state index contributed by atoms with van der Waals surface area (Å²) in [5, 5.41) is 0.432. The molecule has 0 unspecified atom stereocenters. The summed E-state index contributed by atoms with van der Waals surface area (Å²) in [4.78, 5) is 14.5. The van der Waals surface area contributed by atoms with E-state index in [9.17, 15) is 13.2 Å². The molecule has 3 rings (SSSR count). The van der Waals surface area contributed by atoms with Gasteiger partial charge in [0.05, 0.1) is 14.9 Å². The van der Waals surface area contributed by atoms with Gasteiger partial charge in [-0.05, 0) is 55.2 Å². The van der Waals surface area contributed by atoms with Crippen LogP contribution in [-0.2, 0) is 10.0 Å². The summed E-state index contributed by atoms with van der Waals surface area (Å²) >= 11 is 11.8. The standard InChI is InChI=1S/C19H20Cl2N2O3S/c1-13-7-9-23(10-8-13)19(24)14-3-2-4-15(11-14)22-27(25,26)16-5-6-17(20)18(21)12-16/h2-6,11-13,22H,7-10H2,1H3. The van der Waals surface area contributed by atoms with Crippen LogP contribution in [0.5, 0.6) is 0 Å². The van der Waals surface area contributed by atoms with Gasteiger partial charge in [-0.15, -0.1) is 0 Å². The van der Waals surface area contributed by atoms with E-state index in [1.54, 1.807) is 24.3 Å². The van der Waals surface area contributed by atoms with Crippen LogP contribution in [0.3, 0.4) is 0 Å². The third kappa shape index (κ3) is 4.75. The van der Waals surface area contributed by atoms with Crippen molar-refractivity contribution in [3.05, 3.63) is 58.1 Å². The molecule has 8 heteroatoms. The Hall–Kier alpha value is -1.76. The van der Waals surface area contributed by atoms with E-state index in [-0.39, 0.29) is 20.8 Å². The number of hydrogen-bond acceptors (Lipinski definition) is 3. The molecule has 0 saturated carbocycles. The highest BCUT2D eigenvalue weighted by atomic mass is 35.5. The number of sulfonamides is 1. The molecule has 27 heavy (non-hydrogen) atoms. The molecule has 0 aliphatic carbocycles. The molecule has 1 aliphatic heterocycles. The van der Waals surface area contributed by atoms with Crippen LogP contribution in [0.4, 0.5) is 5.69 Å². The molecule has 1 N–H and O–H groups in total. The van der Waals surface area contributed by atoms with Crippen LogP contribution in [0, 0.1) is 5.92 Å². The zero-order valence-corrected chi connectivity index (χ0v) is 17.1. The average molecular weight is 427 g/mol. The number of carbonyl (C=O) groups is 1. The molecule has 1 fully saturated rings. The maximum atomic E-state index is 12.7. The molecule has 0 spiro atoms. The van der Waals surface area contributed by atoms with Crippen LogP contribution < -0.4 is 4.72 Å². The maximum absolute atomic E-state index is 12.7. The molecule has 1 heterocycles. The quantitative estimate of drug-likeness (QED) is 0.772. The normalized spacial score (nSPS) is 15.6. The largest absolute Gasteiger partial charge is 0.339 e. The monoisotopic (exact) mass is 426 g/mol. The Labute approximate surface area is 169 Å². The highest BCUT2D eigenvalue weighted by Crippen LogP contribution is 2.26. The fraction of sp³-hybridized carbons (Fsp3) is 0.316. The number of nitrogens with one attached hydrogen (secondary N) is 1. The fourth-order valence-corrected chi connectivity index (χ4v) is 4.41. The van der Waals surface area contributed by atoms with E-state index in [0.717, 1.165) is 25.9 Å². The summed E-state index contributed by atoms with van der Waals surface area (Å²) in [6.45, 7) is 3.62. The Morgan fingerprint density at radius 3 is 2.44 bits per heavy atom. The number of benzene rings is 2. The minimum Gasteiger partial charge on any atom is -0.339 e. The molecular weight excluding hydrogens is 407 g/mol. The fourth-order valence-electron chi connectivity index (χ4n) is 2.97. The zero-order valence-electron chi connectivity index (χ0n) is 14.8. The minimum atomic E-state index is -3.85. The Bertz CT molecular complexity index is 955. The van der Waals surface area contributed by atoms with Crippen molar-refractivity contribution in [1.82, 2.24) is 4.90 Å². The van der Waals surface area contributed by atoms with Crippen molar-refractivity contribution >= 4 is 44.8 Å². The van der Waals surface area contributed by atoms with Gasteiger partial charge in [-0.3, -0.25) is 9.52 Å². The number of likely N-dealkylation sites (tertiary alicyclic amines) is 1. The maximum Gasteiger partial charge on any atom is 0.261 e. The van der Waals surface area contributed by atoms with Crippen molar-refractivity contribution in [2.75, 3.05) is 17.8 Å². The van der Waals surface area contributed by atoms with E-state index in [4.69, 9.17) is 23.2 Å². The van der Waals surface area contributed by atoms with Gasteiger partial charge in [-0.2, -0.15) is 0 Å². The van der Waals surface area contributed by atoms with Gasteiger partial charge in [-0.1, -0.05) is 36.2 Å². The zero-order chi connectivity index (χ0) is 19.6. The van der Waals surface area contributed by atoms with E-state index < -0.39 is 10.0 Å². The van der Waals surface area contributed by atoms with Gasteiger partial charge in [0.2, 0.25) is 0 Å². The van der Waals surface area contributed by atoms with Gasteiger partial charge in [-0.25, -0.2) is 8.42 Å². The van der Waals surface area contributed by atoms with Gasteiger partial charge in [0.15, 0.2) is 0 Å². The number of hydrogen-bond donors (Lipinski definition) is 1. The molecule has 144 valence electrons. The highest BCUT2D eigenvalue weighted by Gasteiger charge is 2.22. The van der Waals surface area contributed by atoms with Crippen molar-refractivity contribution < 1.29 is 13.2 Å². The summed E-state index contributed by atoms with van der Waals surface area (Å²) in [6, 6.07) is 10.6. The van der Waals surface area contributed by atoms with Crippen LogP contribution in [0.15, 0.2) is 47.4 Å². The van der Waals surface area contributed by atoms with Crippen molar-refractivity contribution in [1.29, 1.82) is 0 Å². The second kappa shape index (κ2) is 8.09. The predicted octanol–water partition coefficient (Wildman–Crippen LogP) is 4.67. The van der Waals surface area contributed by atoms with Crippen molar-refractivity contribution in [3.63, 3.8) is 0 Å². The van der Waals surface area contributed by atoms with E-state index in [1.807, 2.05) is 4.90 Å². The molecule has 0 bridgehead atoms. The first-order chi connectivity index (χ1) is 12.8. The number of nitrogens with zero attached hydrogens (tertiary/aromatic N) is 1. The van der Waals surface area contributed by atoms with Crippen LogP contribution in [0.2, 0.25) is 10.0 Å². The predicted molar refractivity (Wildman–Crippen MR) is 108 cm³/mol. The second-order valence-electron chi connectivity index (χ2n) is 6.74. The molecule has 2 aromatic carbocycles. The van der Waals surface area contributed by atoms with Crippen molar-refractivity contribution in [2.45, 2.75) is 24.7 Å². The lowest BCUT2D eigenvalue weighted by Gasteiger charge is -2.30. The smallest absolute Gasteiger partial charge is 0.261 e. The van der Waals surface area contributed by atoms with Gasteiger partial charge < -0.3 is 4.90 Å². The third-order valence-corrected chi connectivity index (χ3v) is 6.75. The first-order valence-corrected chi connectivity index (χ1v) is 10.9. The van der Waals surface area contributed by atoms with E-state index in [0.29, 0.717) is 17.2 Å². The summed E-state index contributed by atoms with van der Waals surface area (Å²) in [5.41, 5.74) is 0.774. The summed E-state index contributed by atoms with van der Waals surface area (Å²) in [7, 11) is -3.85. The van der Waals surface area contributed by atoms with Crippen LogP contribution in [0.1, 0.15) is 30.1 Å². The Balaban J connectivity index is 1.79. The minimum absolute atomic E-state index is 0.00125. The van der Waals surface area contributed by atoms with Crippen LogP contribution >= 0.6 is 23.2 Å². The van der Waals surface area contributed by atoms with Gasteiger partial charge in [0.25, 0.3) is 15.9 Å². The van der Waals surface area contributed by atoms with Crippen LogP contribution in [0.25, 0.3) is 0 Å². The van der Waals surface area contributed by atoms with Crippen molar-refractivity contribution in [3.8, 4) is 0 Å². The number of amides is 1. The van der Waals surface area contributed by atoms with Crippen molar-refractivity contribution in [2.24, 2.45) is 5.92 Å². The molecule has 0 radical (unpaired) electrons. The van der Waals surface area contributed by atoms with E-state index in [1.165, 1.54) is 18.2 Å². The van der Waals surface area contributed by atoms with E-state index >= 15 is 0 Å². The Morgan fingerprint density at radius 1 is 1.07 bits per heavy atom. The lowest BCUT2D eigenvalue weighted by atomic mass is 9.98. The van der Waals surface area contributed by atoms with Gasteiger partial charge >= 0.3 is 0 Å². The molecule has 1 aliphatic rings. The van der Waals surface area contributed by atoms with Gasteiger partial charge in [0.1, 0.15) is 0 Å². The Morgan fingerprint density at radius 2 is 1.78 bits per heavy atom. The number of halogens is 2. The second-order valence-corrected chi connectivity index (χ2v) is 9.23. The molecule has 1 saturated heterocycles. The molecular formula is C19H20Cl2N2O3S. The molecule has 0 atom stereocenters. The summed E-state index contributed by atoms with van der Waals surface area (Å²) in [6.07, 6.45) is 1.96. The van der Waals surface area contributed by atoms with Crippen LogP contribution in [-0.4, -0.2) is 32.3 Å². The number of rotatable bonds is 4. The first kappa shape index (κ1) is 20.0. The number of piperidine rings is 1. The number of carbonyl (C=O) groups excluding carboxylic acids is 1. The van der Waals surface area contributed by atoms with Gasteiger partial charge in [0, 0.05) is 24.3 Å². The Kier molecular flexibility index (Phi) is 5.99. The average Bonchev–Trinajstić information content (AvgIpc) is 2.64. The molecule has 0 aromatic heterocycles. The molecule has 1 amide bonds. The topological polar surface area (TPSA) is 66.5 Å². The lowest BCUT2D eigenvalue weighted by Crippen LogP contribution is -2.37. The highest BCUT2D eigenvalue weighted by molar-refractivity contribution is 7.92.